The fourth-order valence-corrected chi connectivity index (χ4v) is 2.27. The summed E-state index contributed by atoms with van der Waals surface area (Å²) in [6, 6.07) is 0. The Kier molecular flexibility index (Phi) is 4.60. The van der Waals surface area contributed by atoms with Gasteiger partial charge in [0.05, 0.1) is 12.2 Å². The Labute approximate surface area is 94.0 Å². The van der Waals surface area contributed by atoms with Crippen LogP contribution in [0.3, 0.4) is 0 Å². The van der Waals surface area contributed by atoms with Crippen molar-refractivity contribution in [2.24, 2.45) is 5.41 Å². The van der Waals surface area contributed by atoms with Gasteiger partial charge < -0.3 is 9.84 Å². The normalized spacial score (nSPS) is 31.2. The molecule has 1 rings (SSSR count). The van der Waals surface area contributed by atoms with E-state index in [2.05, 4.69) is 20.8 Å². The van der Waals surface area contributed by atoms with Crippen LogP contribution >= 0.6 is 0 Å². The molecule has 0 radical (unpaired) electrons. The summed E-state index contributed by atoms with van der Waals surface area (Å²) < 4.78 is 5.50. The van der Waals surface area contributed by atoms with Crippen LogP contribution in [-0.4, -0.2) is 23.9 Å². The average molecular weight is 214 g/mol. The molecule has 1 saturated carbocycles. The van der Waals surface area contributed by atoms with E-state index >= 15 is 0 Å². The molecule has 0 aromatic carbocycles. The van der Waals surface area contributed by atoms with E-state index in [0.717, 1.165) is 38.7 Å². The van der Waals surface area contributed by atoms with Crippen molar-refractivity contribution in [1.82, 2.24) is 0 Å². The molecule has 0 amide bonds. The van der Waals surface area contributed by atoms with Gasteiger partial charge in [0.1, 0.15) is 0 Å². The van der Waals surface area contributed by atoms with Crippen molar-refractivity contribution >= 4 is 0 Å². The van der Waals surface area contributed by atoms with Crippen molar-refractivity contribution in [2.75, 3.05) is 13.2 Å². The van der Waals surface area contributed by atoms with Crippen LogP contribution in [0.4, 0.5) is 0 Å². The lowest BCUT2D eigenvalue weighted by molar-refractivity contribution is -0.0568. The maximum atomic E-state index is 10.4. The predicted molar refractivity (Wildman–Crippen MR) is 62.9 cm³/mol. The van der Waals surface area contributed by atoms with E-state index in [1.54, 1.807) is 0 Å². The first kappa shape index (κ1) is 13.0. The lowest BCUT2D eigenvalue weighted by Gasteiger charge is -2.27. The summed E-state index contributed by atoms with van der Waals surface area (Å²) >= 11 is 0. The van der Waals surface area contributed by atoms with Crippen LogP contribution in [0.15, 0.2) is 0 Å². The van der Waals surface area contributed by atoms with Gasteiger partial charge in [-0.3, -0.25) is 0 Å². The minimum absolute atomic E-state index is 0.398. The first-order chi connectivity index (χ1) is 6.97. The average Bonchev–Trinajstić information content (AvgIpc) is 2.27. The quantitative estimate of drug-likeness (QED) is 0.575. The fourth-order valence-electron chi connectivity index (χ4n) is 2.27. The van der Waals surface area contributed by atoms with Gasteiger partial charge in [-0.2, -0.15) is 0 Å². The third kappa shape index (κ3) is 4.52. The molecule has 1 fully saturated rings. The van der Waals surface area contributed by atoms with Gasteiger partial charge >= 0.3 is 0 Å². The van der Waals surface area contributed by atoms with Crippen molar-refractivity contribution in [3.05, 3.63) is 0 Å². The maximum absolute atomic E-state index is 10.4. The zero-order valence-corrected chi connectivity index (χ0v) is 10.5. The van der Waals surface area contributed by atoms with Gasteiger partial charge in [-0.1, -0.05) is 20.8 Å². The second kappa shape index (κ2) is 5.31. The zero-order chi connectivity index (χ0) is 11.4. The van der Waals surface area contributed by atoms with E-state index in [4.69, 9.17) is 4.74 Å². The predicted octanol–water partition coefficient (Wildman–Crippen LogP) is 3.13. The van der Waals surface area contributed by atoms with E-state index in [0.29, 0.717) is 12.0 Å². The standard InChI is InChI=1S/C13H26O2/c1-4-10-15-11-13(14)7-5-6-12(2,3)8-9-13/h14H,4-11H2,1-3H3. The van der Waals surface area contributed by atoms with Gasteiger partial charge in [-0.15, -0.1) is 0 Å². The Bertz CT molecular complexity index is 189. The monoisotopic (exact) mass is 214 g/mol. The third-order valence-corrected chi connectivity index (χ3v) is 3.48. The summed E-state index contributed by atoms with van der Waals surface area (Å²) in [5.74, 6) is 0. The molecule has 1 aliphatic carbocycles. The summed E-state index contributed by atoms with van der Waals surface area (Å²) in [6.07, 6.45) is 6.28. The van der Waals surface area contributed by atoms with Crippen molar-refractivity contribution in [1.29, 1.82) is 0 Å². The molecular weight excluding hydrogens is 188 g/mol. The molecule has 0 spiro atoms. The lowest BCUT2D eigenvalue weighted by Crippen LogP contribution is -2.34. The van der Waals surface area contributed by atoms with Crippen molar-refractivity contribution in [2.45, 2.75) is 64.9 Å². The molecule has 1 atom stereocenters. The Morgan fingerprint density at radius 1 is 1.13 bits per heavy atom. The molecule has 0 heterocycles. The largest absolute Gasteiger partial charge is 0.387 e. The summed E-state index contributed by atoms with van der Waals surface area (Å²) in [5, 5.41) is 10.4. The topological polar surface area (TPSA) is 29.5 Å². The SMILES string of the molecule is CCCOCC1(O)CCCC(C)(C)CC1. The zero-order valence-electron chi connectivity index (χ0n) is 10.5. The van der Waals surface area contributed by atoms with Crippen LogP contribution < -0.4 is 0 Å². The first-order valence-electron chi connectivity index (χ1n) is 6.28. The second-order valence-electron chi connectivity index (χ2n) is 5.79. The number of rotatable bonds is 4. The Hall–Kier alpha value is -0.0800. The highest BCUT2D eigenvalue weighted by atomic mass is 16.5. The molecule has 1 aliphatic rings. The van der Waals surface area contributed by atoms with Crippen LogP contribution in [0, 0.1) is 5.41 Å². The highest BCUT2D eigenvalue weighted by molar-refractivity contribution is 4.86. The van der Waals surface area contributed by atoms with E-state index < -0.39 is 5.60 Å². The highest BCUT2D eigenvalue weighted by Crippen LogP contribution is 2.38. The molecule has 0 aromatic rings. The highest BCUT2D eigenvalue weighted by Gasteiger charge is 2.33. The second-order valence-corrected chi connectivity index (χ2v) is 5.79. The van der Waals surface area contributed by atoms with Gasteiger partial charge in [-0.05, 0) is 43.9 Å². The summed E-state index contributed by atoms with van der Waals surface area (Å²) in [6.45, 7) is 7.99. The number of aliphatic hydroxyl groups is 1. The third-order valence-electron chi connectivity index (χ3n) is 3.48. The molecule has 2 nitrogen and oxygen atoms in total. The molecule has 0 aliphatic heterocycles. The minimum atomic E-state index is -0.553. The summed E-state index contributed by atoms with van der Waals surface area (Å²) in [4.78, 5) is 0. The van der Waals surface area contributed by atoms with Gasteiger partial charge in [0, 0.05) is 6.61 Å². The molecular formula is C13H26O2. The number of ether oxygens (including phenoxy) is 1. The minimum Gasteiger partial charge on any atom is -0.387 e. The van der Waals surface area contributed by atoms with E-state index in [-0.39, 0.29) is 0 Å². The van der Waals surface area contributed by atoms with Gasteiger partial charge in [0.25, 0.3) is 0 Å². The Morgan fingerprint density at radius 2 is 1.87 bits per heavy atom. The van der Waals surface area contributed by atoms with E-state index in [1.165, 1.54) is 6.42 Å². The maximum Gasteiger partial charge on any atom is 0.0880 e. The van der Waals surface area contributed by atoms with Crippen molar-refractivity contribution in [3.8, 4) is 0 Å². The Balaban J connectivity index is 2.40. The van der Waals surface area contributed by atoms with Gasteiger partial charge in [0.2, 0.25) is 0 Å². The lowest BCUT2D eigenvalue weighted by atomic mass is 9.84. The smallest absolute Gasteiger partial charge is 0.0880 e. The summed E-state index contributed by atoms with van der Waals surface area (Å²) in [7, 11) is 0. The van der Waals surface area contributed by atoms with Crippen molar-refractivity contribution in [3.63, 3.8) is 0 Å². The first-order valence-corrected chi connectivity index (χ1v) is 6.28. The van der Waals surface area contributed by atoms with Crippen LogP contribution in [0.25, 0.3) is 0 Å². The Morgan fingerprint density at radius 3 is 2.53 bits per heavy atom. The van der Waals surface area contributed by atoms with Gasteiger partial charge in [-0.25, -0.2) is 0 Å². The van der Waals surface area contributed by atoms with E-state index in [1.807, 2.05) is 0 Å². The summed E-state index contributed by atoms with van der Waals surface area (Å²) in [5.41, 5.74) is -0.155. The van der Waals surface area contributed by atoms with Gasteiger partial charge in [0.15, 0.2) is 0 Å². The van der Waals surface area contributed by atoms with Crippen molar-refractivity contribution < 1.29 is 9.84 Å². The molecule has 2 heteroatoms. The number of hydrogen-bond acceptors (Lipinski definition) is 2. The molecule has 0 aromatic heterocycles. The van der Waals surface area contributed by atoms with Crippen LogP contribution in [0.1, 0.15) is 59.3 Å². The number of hydrogen-bond donors (Lipinski definition) is 1. The molecule has 90 valence electrons. The molecule has 1 N–H and O–H groups in total. The molecule has 0 saturated heterocycles. The van der Waals surface area contributed by atoms with Crippen LogP contribution in [0.5, 0.6) is 0 Å². The molecule has 1 unspecified atom stereocenters. The van der Waals surface area contributed by atoms with Crippen LogP contribution in [-0.2, 0) is 4.74 Å². The molecule has 15 heavy (non-hydrogen) atoms. The molecule has 0 bridgehead atoms. The van der Waals surface area contributed by atoms with E-state index in [9.17, 15) is 5.11 Å². The van der Waals surface area contributed by atoms with Crippen LogP contribution in [0.2, 0.25) is 0 Å². The fraction of sp³-hybridized carbons (Fsp3) is 1.00.